The Labute approximate surface area is 150 Å². The van der Waals surface area contributed by atoms with E-state index in [0.717, 1.165) is 36.5 Å². The van der Waals surface area contributed by atoms with Gasteiger partial charge in [0.2, 0.25) is 0 Å². The second-order valence-electron chi connectivity index (χ2n) is 5.66. The van der Waals surface area contributed by atoms with Gasteiger partial charge in [0, 0.05) is 33.1 Å². The lowest BCUT2D eigenvalue weighted by atomic mass is 10.1. The van der Waals surface area contributed by atoms with E-state index in [9.17, 15) is 13.2 Å². The van der Waals surface area contributed by atoms with E-state index in [1.165, 1.54) is 12.1 Å². The van der Waals surface area contributed by atoms with Crippen LogP contribution in [0.15, 0.2) is 35.6 Å². The van der Waals surface area contributed by atoms with E-state index in [1.54, 1.807) is 13.4 Å². The van der Waals surface area contributed by atoms with Gasteiger partial charge in [0.05, 0.1) is 5.56 Å². The molecular weight excluding hydrogens is 345 g/mol. The molecule has 142 valence electrons. The lowest BCUT2D eigenvalue weighted by Gasteiger charge is -2.13. The van der Waals surface area contributed by atoms with Gasteiger partial charge in [-0.25, -0.2) is 0 Å². The Balaban J connectivity index is 1.73. The van der Waals surface area contributed by atoms with Gasteiger partial charge in [-0.3, -0.25) is 4.99 Å². The van der Waals surface area contributed by atoms with Crippen LogP contribution < -0.4 is 10.6 Å². The summed E-state index contributed by atoms with van der Waals surface area (Å²) in [5, 5.41) is 14.2. The van der Waals surface area contributed by atoms with Crippen molar-refractivity contribution in [3.63, 3.8) is 0 Å². The van der Waals surface area contributed by atoms with Crippen molar-refractivity contribution in [1.82, 2.24) is 25.4 Å². The molecule has 26 heavy (non-hydrogen) atoms. The summed E-state index contributed by atoms with van der Waals surface area (Å²) in [5.74, 6) is 1.57. The van der Waals surface area contributed by atoms with Crippen LogP contribution in [0.4, 0.5) is 13.2 Å². The van der Waals surface area contributed by atoms with Crippen LogP contribution in [-0.2, 0) is 25.6 Å². The maximum absolute atomic E-state index is 12.5. The van der Waals surface area contributed by atoms with Gasteiger partial charge in [-0.1, -0.05) is 19.1 Å². The molecule has 0 radical (unpaired) electrons. The largest absolute Gasteiger partial charge is 0.416 e. The van der Waals surface area contributed by atoms with Crippen LogP contribution in [-0.4, -0.2) is 40.9 Å². The molecule has 0 aliphatic heterocycles. The average molecular weight is 368 g/mol. The molecule has 1 heterocycles. The number of hydrogen-bond donors (Lipinski definition) is 2. The summed E-state index contributed by atoms with van der Waals surface area (Å²) >= 11 is 0. The predicted octanol–water partition coefficient (Wildman–Crippen LogP) is 2.27. The second kappa shape index (κ2) is 9.21. The van der Waals surface area contributed by atoms with Crippen molar-refractivity contribution in [2.45, 2.75) is 32.5 Å². The first-order valence-electron chi connectivity index (χ1n) is 8.41. The van der Waals surface area contributed by atoms with E-state index in [0.29, 0.717) is 25.5 Å². The fourth-order valence-electron chi connectivity index (χ4n) is 2.44. The number of aryl methyl sites for hydroxylation is 1. The highest BCUT2D eigenvalue weighted by Gasteiger charge is 2.29. The standard InChI is InChI=1S/C17H23F3N6/c1-3-15-25-24-12-26(15)11-10-23-16(21-2)22-9-8-13-4-6-14(7-5-13)17(18,19)20/h4-7,12H,3,8-11H2,1-2H3,(H2,21,22,23). The van der Waals surface area contributed by atoms with Crippen LogP contribution in [0.3, 0.4) is 0 Å². The van der Waals surface area contributed by atoms with Crippen molar-refractivity contribution in [3.05, 3.63) is 47.5 Å². The van der Waals surface area contributed by atoms with E-state index in [4.69, 9.17) is 0 Å². The van der Waals surface area contributed by atoms with Crippen molar-refractivity contribution in [3.8, 4) is 0 Å². The zero-order valence-electron chi connectivity index (χ0n) is 14.8. The highest BCUT2D eigenvalue weighted by molar-refractivity contribution is 5.79. The SMILES string of the molecule is CCc1nncn1CCNC(=NC)NCCc1ccc(C(F)(F)F)cc1. The Bertz CT molecular complexity index is 706. The van der Waals surface area contributed by atoms with Gasteiger partial charge < -0.3 is 15.2 Å². The monoisotopic (exact) mass is 368 g/mol. The summed E-state index contributed by atoms with van der Waals surface area (Å²) in [6.45, 7) is 3.97. The Kier molecular flexibility index (Phi) is 6.99. The number of nitrogens with zero attached hydrogens (tertiary/aromatic N) is 4. The van der Waals surface area contributed by atoms with E-state index in [1.807, 2.05) is 11.5 Å². The zero-order valence-corrected chi connectivity index (χ0v) is 14.8. The van der Waals surface area contributed by atoms with Gasteiger partial charge in [0.1, 0.15) is 12.2 Å². The fourth-order valence-corrected chi connectivity index (χ4v) is 2.44. The van der Waals surface area contributed by atoms with Crippen LogP contribution in [0.25, 0.3) is 0 Å². The minimum Gasteiger partial charge on any atom is -0.356 e. The van der Waals surface area contributed by atoms with Gasteiger partial charge in [0.25, 0.3) is 0 Å². The molecule has 0 amide bonds. The minimum atomic E-state index is -4.30. The number of halogens is 3. The van der Waals surface area contributed by atoms with Crippen molar-refractivity contribution in [2.75, 3.05) is 20.1 Å². The van der Waals surface area contributed by atoms with Gasteiger partial charge in [-0.15, -0.1) is 10.2 Å². The molecule has 0 saturated carbocycles. The smallest absolute Gasteiger partial charge is 0.356 e. The van der Waals surface area contributed by atoms with E-state index in [2.05, 4.69) is 25.8 Å². The van der Waals surface area contributed by atoms with Gasteiger partial charge >= 0.3 is 6.18 Å². The Morgan fingerprint density at radius 2 is 1.85 bits per heavy atom. The zero-order chi connectivity index (χ0) is 19.0. The number of aliphatic imine (C=N–C) groups is 1. The molecule has 6 nitrogen and oxygen atoms in total. The summed E-state index contributed by atoms with van der Waals surface area (Å²) in [5.41, 5.74) is 0.199. The van der Waals surface area contributed by atoms with Crippen LogP contribution >= 0.6 is 0 Å². The second-order valence-corrected chi connectivity index (χ2v) is 5.66. The summed E-state index contributed by atoms with van der Waals surface area (Å²) in [7, 11) is 1.67. The number of rotatable bonds is 7. The first-order valence-corrected chi connectivity index (χ1v) is 8.41. The molecule has 0 saturated heterocycles. The van der Waals surface area contributed by atoms with E-state index in [-0.39, 0.29) is 0 Å². The van der Waals surface area contributed by atoms with Gasteiger partial charge in [-0.05, 0) is 24.1 Å². The maximum Gasteiger partial charge on any atom is 0.416 e. The minimum absolute atomic E-state index is 0.567. The summed E-state index contributed by atoms with van der Waals surface area (Å²) < 4.78 is 39.6. The molecule has 0 atom stereocenters. The predicted molar refractivity (Wildman–Crippen MR) is 93.9 cm³/mol. The topological polar surface area (TPSA) is 67.1 Å². The average Bonchev–Trinajstić information content (AvgIpc) is 3.07. The maximum atomic E-state index is 12.5. The molecule has 0 bridgehead atoms. The van der Waals surface area contributed by atoms with E-state index >= 15 is 0 Å². The Hall–Kier alpha value is -2.58. The van der Waals surface area contributed by atoms with Crippen molar-refractivity contribution < 1.29 is 13.2 Å². The first kappa shape index (κ1) is 19.7. The molecule has 0 spiro atoms. The summed E-state index contributed by atoms with van der Waals surface area (Å²) in [6, 6.07) is 5.21. The van der Waals surface area contributed by atoms with E-state index < -0.39 is 11.7 Å². The lowest BCUT2D eigenvalue weighted by molar-refractivity contribution is -0.137. The molecule has 1 aromatic heterocycles. The number of benzene rings is 1. The lowest BCUT2D eigenvalue weighted by Crippen LogP contribution is -2.39. The van der Waals surface area contributed by atoms with Crippen molar-refractivity contribution >= 4 is 5.96 Å². The Morgan fingerprint density at radius 3 is 2.46 bits per heavy atom. The van der Waals surface area contributed by atoms with Crippen LogP contribution in [0.1, 0.15) is 23.9 Å². The van der Waals surface area contributed by atoms with Crippen LogP contribution in [0, 0.1) is 0 Å². The number of hydrogen-bond acceptors (Lipinski definition) is 3. The third kappa shape index (κ3) is 5.75. The molecule has 0 unspecified atom stereocenters. The number of alkyl halides is 3. The summed E-state index contributed by atoms with van der Waals surface area (Å²) in [4.78, 5) is 4.13. The third-order valence-corrected chi connectivity index (χ3v) is 3.87. The highest BCUT2D eigenvalue weighted by atomic mass is 19.4. The molecule has 2 aromatic rings. The molecule has 1 aromatic carbocycles. The molecule has 2 N–H and O–H groups in total. The fraction of sp³-hybridized carbons (Fsp3) is 0.471. The molecular formula is C17H23F3N6. The van der Waals surface area contributed by atoms with Crippen LogP contribution in [0.2, 0.25) is 0 Å². The molecule has 2 rings (SSSR count). The van der Waals surface area contributed by atoms with Crippen LogP contribution in [0.5, 0.6) is 0 Å². The van der Waals surface area contributed by atoms with Gasteiger partial charge in [0.15, 0.2) is 5.96 Å². The first-order chi connectivity index (χ1) is 12.4. The van der Waals surface area contributed by atoms with Gasteiger partial charge in [-0.2, -0.15) is 13.2 Å². The molecule has 0 aliphatic rings. The van der Waals surface area contributed by atoms with Crippen molar-refractivity contribution in [1.29, 1.82) is 0 Å². The number of nitrogens with one attached hydrogen (secondary N) is 2. The highest BCUT2D eigenvalue weighted by Crippen LogP contribution is 2.29. The quantitative estimate of drug-likeness (QED) is 0.581. The normalized spacial score (nSPS) is 12.3. The Morgan fingerprint density at radius 1 is 1.15 bits per heavy atom. The van der Waals surface area contributed by atoms with Crippen molar-refractivity contribution in [2.24, 2.45) is 4.99 Å². The molecule has 9 heteroatoms. The third-order valence-electron chi connectivity index (χ3n) is 3.87. The molecule has 0 aliphatic carbocycles. The molecule has 0 fully saturated rings. The summed E-state index contributed by atoms with van der Waals surface area (Å²) in [6.07, 6.45) is -1.18. The number of guanidine groups is 1. The number of aromatic nitrogens is 3.